The maximum Gasteiger partial charge on any atom is 0.119 e. The van der Waals surface area contributed by atoms with Crippen molar-refractivity contribution in [3.63, 3.8) is 0 Å². The molecule has 100 valence electrons. The largest absolute Gasteiger partial charge is 0.494 e. The van der Waals surface area contributed by atoms with Crippen molar-refractivity contribution in [3.8, 4) is 5.75 Å². The Morgan fingerprint density at radius 3 is 2.33 bits per heavy atom. The Balaban J connectivity index is 1.84. The molecule has 0 saturated heterocycles. The van der Waals surface area contributed by atoms with E-state index in [2.05, 4.69) is 36.5 Å². The highest BCUT2D eigenvalue weighted by Crippen LogP contribution is 2.22. The second kappa shape index (κ2) is 7.30. The zero-order chi connectivity index (χ0) is 12.6. The predicted octanol–water partition coefficient (Wildman–Crippen LogP) is 4.61. The highest BCUT2D eigenvalue weighted by atomic mass is 16.5. The lowest BCUT2D eigenvalue weighted by atomic mass is 10.1. The number of anilines is 1. The molecule has 1 N–H and O–H groups in total. The van der Waals surface area contributed by atoms with E-state index in [4.69, 9.17) is 4.74 Å². The van der Waals surface area contributed by atoms with Gasteiger partial charge in [0.15, 0.2) is 0 Å². The van der Waals surface area contributed by atoms with Crippen LogP contribution in [0.15, 0.2) is 24.3 Å². The molecule has 1 aromatic carbocycles. The van der Waals surface area contributed by atoms with Crippen LogP contribution in [0.25, 0.3) is 0 Å². The Morgan fingerprint density at radius 2 is 1.72 bits per heavy atom. The van der Waals surface area contributed by atoms with Crippen LogP contribution < -0.4 is 10.1 Å². The van der Waals surface area contributed by atoms with Gasteiger partial charge in [-0.05, 0) is 43.5 Å². The van der Waals surface area contributed by atoms with Gasteiger partial charge in [-0.2, -0.15) is 0 Å². The molecule has 0 aromatic heterocycles. The molecule has 0 amide bonds. The Morgan fingerprint density at radius 1 is 1.06 bits per heavy atom. The van der Waals surface area contributed by atoms with Crippen molar-refractivity contribution in [3.05, 3.63) is 24.3 Å². The number of benzene rings is 1. The Hall–Kier alpha value is -1.18. The Bertz CT molecular complexity index is 325. The van der Waals surface area contributed by atoms with E-state index < -0.39 is 0 Å². The van der Waals surface area contributed by atoms with Gasteiger partial charge in [-0.15, -0.1) is 0 Å². The average Bonchev–Trinajstić information content (AvgIpc) is 2.67. The van der Waals surface area contributed by atoms with Crippen molar-refractivity contribution in [1.29, 1.82) is 0 Å². The van der Waals surface area contributed by atoms with Crippen molar-refractivity contribution in [2.45, 2.75) is 57.9 Å². The lowest BCUT2D eigenvalue weighted by Crippen LogP contribution is -2.18. The van der Waals surface area contributed by atoms with Crippen LogP contribution in [0.3, 0.4) is 0 Å². The van der Waals surface area contributed by atoms with E-state index in [0.29, 0.717) is 6.04 Å². The van der Waals surface area contributed by atoms with Crippen LogP contribution >= 0.6 is 0 Å². The summed E-state index contributed by atoms with van der Waals surface area (Å²) >= 11 is 0. The molecule has 2 nitrogen and oxygen atoms in total. The van der Waals surface area contributed by atoms with Crippen LogP contribution in [-0.2, 0) is 0 Å². The van der Waals surface area contributed by atoms with Crippen LogP contribution in [0.4, 0.5) is 5.69 Å². The molecule has 2 rings (SSSR count). The minimum atomic E-state index is 0.662. The average molecular weight is 247 g/mol. The van der Waals surface area contributed by atoms with Crippen LogP contribution in [0, 0.1) is 0 Å². The second-order valence-corrected chi connectivity index (χ2v) is 5.21. The molecule has 2 heteroatoms. The standard InChI is InChI=1S/C16H25NO/c1-2-13-18-16-11-9-15(10-12-16)17-14-7-5-3-4-6-8-14/h9-12,14,17H,2-8,13H2,1H3. The van der Waals surface area contributed by atoms with Gasteiger partial charge in [0.25, 0.3) is 0 Å². The van der Waals surface area contributed by atoms with E-state index in [0.717, 1.165) is 18.8 Å². The number of hydrogen-bond donors (Lipinski definition) is 1. The van der Waals surface area contributed by atoms with Gasteiger partial charge in [0.2, 0.25) is 0 Å². The third kappa shape index (κ3) is 4.25. The first-order chi connectivity index (χ1) is 8.88. The summed E-state index contributed by atoms with van der Waals surface area (Å²) in [7, 11) is 0. The lowest BCUT2D eigenvalue weighted by molar-refractivity contribution is 0.317. The van der Waals surface area contributed by atoms with Gasteiger partial charge in [-0.25, -0.2) is 0 Å². The minimum absolute atomic E-state index is 0.662. The SMILES string of the molecule is CCCOc1ccc(NC2CCCCCC2)cc1. The molecule has 1 aliphatic rings. The van der Waals surface area contributed by atoms with Crippen molar-refractivity contribution in [2.24, 2.45) is 0 Å². The summed E-state index contributed by atoms with van der Waals surface area (Å²) in [5.74, 6) is 0.975. The quantitative estimate of drug-likeness (QED) is 0.767. The molecule has 0 atom stereocenters. The summed E-state index contributed by atoms with van der Waals surface area (Å²) in [6, 6.07) is 9.06. The molecule has 1 aromatic rings. The van der Waals surface area contributed by atoms with Crippen LogP contribution in [0.5, 0.6) is 5.75 Å². The monoisotopic (exact) mass is 247 g/mol. The molecule has 0 radical (unpaired) electrons. The first-order valence-corrected chi connectivity index (χ1v) is 7.38. The van der Waals surface area contributed by atoms with Crippen molar-refractivity contribution in [1.82, 2.24) is 0 Å². The Kier molecular flexibility index (Phi) is 5.37. The normalized spacial score (nSPS) is 17.2. The molecule has 0 unspecified atom stereocenters. The number of hydrogen-bond acceptors (Lipinski definition) is 2. The van der Waals surface area contributed by atoms with Crippen molar-refractivity contribution < 1.29 is 4.74 Å². The third-order valence-electron chi connectivity index (χ3n) is 3.55. The van der Waals surface area contributed by atoms with Crippen LogP contribution in [0.1, 0.15) is 51.9 Å². The Labute approximate surface area is 111 Å². The van der Waals surface area contributed by atoms with Gasteiger partial charge in [-0.3, -0.25) is 0 Å². The van der Waals surface area contributed by atoms with Crippen LogP contribution in [0.2, 0.25) is 0 Å². The summed E-state index contributed by atoms with van der Waals surface area (Å²) < 4.78 is 5.59. The summed E-state index contributed by atoms with van der Waals surface area (Å²) in [5, 5.41) is 3.65. The second-order valence-electron chi connectivity index (χ2n) is 5.21. The molecular weight excluding hydrogens is 222 g/mol. The molecule has 0 bridgehead atoms. The molecule has 18 heavy (non-hydrogen) atoms. The predicted molar refractivity (Wildman–Crippen MR) is 77.3 cm³/mol. The van der Waals surface area contributed by atoms with E-state index in [-0.39, 0.29) is 0 Å². The molecule has 1 aliphatic carbocycles. The number of rotatable bonds is 5. The van der Waals surface area contributed by atoms with Gasteiger partial charge >= 0.3 is 0 Å². The van der Waals surface area contributed by atoms with Gasteiger partial charge in [0, 0.05) is 11.7 Å². The van der Waals surface area contributed by atoms with E-state index in [1.807, 2.05) is 0 Å². The highest BCUT2D eigenvalue weighted by molar-refractivity contribution is 5.47. The summed E-state index contributed by atoms with van der Waals surface area (Å²) in [6.07, 6.45) is 9.24. The van der Waals surface area contributed by atoms with Crippen LogP contribution in [-0.4, -0.2) is 12.6 Å². The van der Waals surface area contributed by atoms with Gasteiger partial charge < -0.3 is 10.1 Å². The molecule has 1 saturated carbocycles. The fraction of sp³-hybridized carbons (Fsp3) is 0.625. The van der Waals surface area contributed by atoms with Crippen molar-refractivity contribution >= 4 is 5.69 Å². The maximum atomic E-state index is 5.59. The smallest absolute Gasteiger partial charge is 0.119 e. The topological polar surface area (TPSA) is 21.3 Å². The summed E-state index contributed by atoms with van der Waals surface area (Å²) in [5.41, 5.74) is 1.23. The summed E-state index contributed by atoms with van der Waals surface area (Å²) in [4.78, 5) is 0. The molecule has 0 spiro atoms. The first-order valence-electron chi connectivity index (χ1n) is 7.38. The first kappa shape index (κ1) is 13.3. The minimum Gasteiger partial charge on any atom is -0.494 e. The van der Waals surface area contributed by atoms with Gasteiger partial charge in [0.1, 0.15) is 5.75 Å². The maximum absolute atomic E-state index is 5.59. The highest BCUT2D eigenvalue weighted by Gasteiger charge is 2.11. The van der Waals surface area contributed by atoms with Gasteiger partial charge in [0.05, 0.1) is 6.61 Å². The van der Waals surface area contributed by atoms with Crippen molar-refractivity contribution in [2.75, 3.05) is 11.9 Å². The zero-order valence-electron chi connectivity index (χ0n) is 11.5. The fourth-order valence-corrected chi connectivity index (χ4v) is 2.53. The lowest BCUT2D eigenvalue weighted by Gasteiger charge is -2.17. The fourth-order valence-electron chi connectivity index (χ4n) is 2.53. The molecular formula is C16H25NO. The number of nitrogens with one attached hydrogen (secondary N) is 1. The molecule has 0 heterocycles. The van der Waals surface area contributed by atoms with E-state index in [9.17, 15) is 0 Å². The third-order valence-corrected chi connectivity index (χ3v) is 3.55. The number of ether oxygens (including phenoxy) is 1. The van der Waals surface area contributed by atoms with Gasteiger partial charge in [-0.1, -0.05) is 32.6 Å². The molecule has 0 aliphatic heterocycles. The van der Waals surface area contributed by atoms with E-state index >= 15 is 0 Å². The molecule has 1 fully saturated rings. The zero-order valence-corrected chi connectivity index (χ0v) is 11.5. The van der Waals surface area contributed by atoms with E-state index in [1.54, 1.807) is 0 Å². The summed E-state index contributed by atoms with van der Waals surface area (Å²) in [6.45, 7) is 2.93. The van der Waals surface area contributed by atoms with E-state index in [1.165, 1.54) is 44.2 Å².